The Balaban J connectivity index is 1.57. The van der Waals surface area contributed by atoms with Gasteiger partial charge in [-0.05, 0) is 57.0 Å². The van der Waals surface area contributed by atoms with Crippen LogP contribution in [0.4, 0.5) is 0 Å². The topological polar surface area (TPSA) is 29.5 Å². The number of hydrogen-bond acceptors (Lipinski definition) is 3. The molecule has 2 aliphatic rings. The van der Waals surface area contributed by atoms with E-state index in [-0.39, 0.29) is 5.97 Å². The molecule has 1 aromatic carbocycles. The molecule has 2 fully saturated rings. The molecule has 0 amide bonds. The van der Waals surface area contributed by atoms with E-state index in [0.717, 1.165) is 4.47 Å². The lowest BCUT2D eigenvalue weighted by atomic mass is 9.84. The molecular formula is C17H22BrNO2. The molecule has 0 saturated carbocycles. The first-order chi connectivity index (χ1) is 10.2. The van der Waals surface area contributed by atoms with Crippen LogP contribution in [0.15, 0.2) is 28.7 Å². The summed E-state index contributed by atoms with van der Waals surface area (Å²) >= 11 is 3.39. The van der Waals surface area contributed by atoms with Crippen LogP contribution in [0.3, 0.4) is 0 Å². The van der Waals surface area contributed by atoms with E-state index >= 15 is 0 Å². The van der Waals surface area contributed by atoms with E-state index in [9.17, 15) is 4.79 Å². The lowest BCUT2D eigenvalue weighted by molar-refractivity contribution is 0.00738. The van der Waals surface area contributed by atoms with Crippen molar-refractivity contribution in [3.8, 4) is 0 Å². The van der Waals surface area contributed by atoms with Gasteiger partial charge in [-0.15, -0.1) is 0 Å². The van der Waals surface area contributed by atoms with Crippen molar-refractivity contribution >= 4 is 21.9 Å². The number of piperidine rings is 2. The van der Waals surface area contributed by atoms with Gasteiger partial charge in [0.25, 0.3) is 0 Å². The van der Waals surface area contributed by atoms with E-state index in [4.69, 9.17) is 4.74 Å². The zero-order valence-corrected chi connectivity index (χ0v) is 13.8. The Morgan fingerprint density at radius 1 is 1.24 bits per heavy atom. The third kappa shape index (κ3) is 3.67. The molecule has 0 spiro atoms. The quantitative estimate of drug-likeness (QED) is 0.774. The van der Waals surface area contributed by atoms with Crippen LogP contribution in [-0.4, -0.2) is 36.6 Å². The van der Waals surface area contributed by atoms with Gasteiger partial charge in [0.1, 0.15) is 0 Å². The first-order valence-electron chi connectivity index (χ1n) is 7.91. The molecule has 21 heavy (non-hydrogen) atoms. The first kappa shape index (κ1) is 15.0. The lowest BCUT2D eigenvalue weighted by Crippen LogP contribution is -2.49. The Labute approximate surface area is 134 Å². The molecule has 0 unspecified atom stereocenters. The number of hydrogen-bond donors (Lipinski definition) is 0. The standard InChI is InChI=1S/C17H22BrNO2/c18-15-7-3-5-13(11-15)17(20)21-12-14-6-4-10-19-9-2-1-8-16(14)19/h3,5,7,11,14,16H,1-2,4,6,8-10,12H2/t14-,16-/m1/s1. The number of ether oxygens (including phenoxy) is 1. The average Bonchev–Trinajstić information content (AvgIpc) is 2.52. The molecule has 3 nitrogen and oxygen atoms in total. The molecule has 0 bridgehead atoms. The summed E-state index contributed by atoms with van der Waals surface area (Å²) in [5.41, 5.74) is 0.626. The maximum absolute atomic E-state index is 12.1. The van der Waals surface area contributed by atoms with Crippen LogP contribution >= 0.6 is 15.9 Å². The number of carbonyl (C=O) groups excluding carboxylic acids is 1. The van der Waals surface area contributed by atoms with Crippen molar-refractivity contribution in [3.63, 3.8) is 0 Å². The highest BCUT2D eigenvalue weighted by Crippen LogP contribution is 2.31. The summed E-state index contributed by atoms with van der Waals surface area (Å²) in [5.74, 6) is 0.305. The fourth-order valence-electron chi connectivity index (χ4n) is 3.65. The highest BCUT2D eigenvalue weighted by atomic mass is 79.9. The summed E-state index contributed by atoms with van der Waals surface area (Å²) in [6.07, 6.45) is 6.32. The van der Waals surface area contributed by atoms with Crippen molar-refractivity contribution in [3.05, 3.63) is 34.3 Å². The van der Waals surface area contributed by atoms with E-state index < -0.39 is 0 Å². The van der Waals surface area contributed by atoms with Crippen molar-refractivity contribution in [2.24, 2.45) is 5.92 Å². The average molecular weight is 352 g/mol. The van der Waals surface area contributed by atoms with Gasteiger partial charge in [-0.2, -0.15) is 0 Å². The minimum Gasteiger partial charge on any atom is -0.462 e. The molecular weight excluding hydrogens is 330 g/mol. The zero-order chi connectivity index (χ0) is 14.7. The molecule has 2 aliphatic heterocycles. The highest BCUT2D eigenvalue weighted by Gasteiger charge is 2.33. The summed E-state index contributed by atoms with van der Waals surface area (Å²) in [6.45, 7) is 3.01. The van der Waals surface area contributed by atoms with Gasteiger partial charge < -0.3 is 4.74 Å². The van der Waals surface area contributed by atoms with Crippen LogP contribution in [0.25, 0.3) is 0 Å². The molecule has 0 aromatic heterocycles. The number of carbonyl (C=O) groups is 1. The molecule has 2 heterocycles. The normalized spacial score (nSPS) is 26.1. The predicted octanol–water partition coefficient (Wildman–Crippen LogP) is 3.87. The minimum atomic E-state index is -0.204. The van der Waals surface area contributed by atoms with E-state index in [1.165, 1.54) is 45.2 Å². The Morgan fingerprint density at radius 3 is 2.95 bits per heavy atom. The summed E-state index contributed by atoms with van der Waals surface area (Å²) in [5, 5.41) is 0. The summed E-state index contributed by atoms with van der Waals surface area (Å²) < 4.78 is 6.50. The smallest absolute Gasteiger partial charge is 0.338 e. The van der Waals surface area contributed by atoms with Crippen molar-refractivity contribution in [1.29, 1.82) is 0 Å². The van der Waals surface area contributed by atoms with Crippen LogP contribution in [-0.2, 0) is 4.74 Å². The van der Waals surface area contributed by atoms with Gasteiger partial charge in [0, 0.05) is 16.4 Å². The van der Waals surface area contributed by atoms with Gasteiger partial charge >= 0.3 is 5.97 Å². The van der Waals surface area contributed by atoms with Crippen molar-refractivity contribution < 1.29 is 9.53 Å². The van der Waals surface area contributed by atoms with Gasteiger partial charge in [-0.1, -0.05) is 28.4 Å². The second kappa shape index (κ2) is 6.93. The van der Waals surface area contributed by atoms with Gasteiger partial charge in [0.15, 0.2) is 0 Å². The van der Waals surface area contributed by atoms with Crippen LogP contribution in [0.5, 0.6) is 0 Å². The number of fused-ring (bicyclic) bond motifs is 1. The predicted molar refractivity (Wildman–Crippen MR) is 86.4 cm³/mol. The molecule has 0 aliphatic carbocycles. The molecule has 1 aromatic rings. The number of esters is 1. The minimum absolute atomic E-state index is 0.204. The van der Waals surface area contributed by atoms with Gasteiger partial charge in [-0.3, -0.25) is 4.90 Å². The Kier molecular flexibility index (Phi) is 4.96. The van der Waals surface area contributed by atoms with Gasteiger partial charge in [0.2, 0.25) is 0 Å². The summed E-state index contributed by atoms with van der Waals surface area (Å²) in [7, 11) is 0. The molecule has 2 atom stereocenters. The van der Waals surface area contributed by atoms with Crippen molar-refractivity contribution in [1.82, 2.24) is 4.90 Å². The van der Waals surface area contributed by atoms with Crippen LogP contribution < -0.4 is 0 Å². The van der Waals surface area contributed by atoms with Crippen molar-refractivity contribution in [2.45, 2.75) is 38.1 Å². The van der Waals surface area contributed by atoms with Gasteiger partial charge in [0.05, 0.1) is 12.2 Å². The third-order valence-corrected chi connectivity index (χ3v) is 5.21. The Bertz CT molecular complexity index is 503. The second-order valence-corrected chi connectivity index (χ2v) is 7.03. The molecule has 3 rings (SSSR count). The third-order valence-electron chi connectivity index (χ3n) is 4.72. The van der Waals surface area contributed by atoms with Crippen LogP contribution in [0.2, 0.25) is 0 Å². The number of halogens is 1. The van der Waals surface area contributed by atoms with Gasteiger partial charge in [-0.25, -0.2) is 4.79 Å². The zero-order valence-electron chi connectivity index (χ0n) is 12.3. The first-order valence-corrected chi connectivity index (χ1v) is 8.70. The maximum Gasteiger partial charge on any atom is 0.338 e. The number of benzene rings is 1. The summed E-state index contributed by atoms with van der Waals surface area (Å²) in [4.78, 5) is 14.7. The fraction of sp³-hybridized carbons (Fsp3) is 0.588. The number of nitrogens with zero attached hydrogens (tertiary/aromatic N) is 1. The monoisotopic (exact) mass is 351 g/mol. The Hall–Kier alpha value is -0.870. The molecule has 0 radical (unpaired) electrons. The fourth-order valence-corrected chi connectivity index (χ4v) is 4.05. The van der Waals surface area contributed by atoms with E-state index in [1.54, 1.807) is 6.07 Å². The SMILES string of the molecule is O=C(OC[C@H]1CCCN2CCCC[C@H]12)c1cccc(Br)c1. The van der Waals surface area contributed by atoms with E-state index in [1.807, 2.05) is 18.2 Å². The Morgan fingerprint density at radius 2 is 2.10 bits per heavy atom. The van der Waals surface area contributed by atoms with Crippen molar-refractivity contribution in [2.75, 3.05) is 19.7 Å². The van der Waals surface area contributed by atoms with E-state index in [0.29, 0.717) is 24.1 Å². The highest BCUT2D eigenvalue weighted by molar-refractivity contribution is 9.10. The second-order valence-electron chi connectivity index (χ2n) is 6.11. The maximum atomic E-state index is 12.1. The molecule has 0 N–H and O–H groups in total. The lowest BCUT2D eigenvalue weighted by Gasteiger charge is -2.44. The molecule has 2 saturated heterocycles. The molecule has 114 valence electrons. The number of rotatable bonds is 3. The van der Waals surface area contributed by atoms with Crippen LogP contribution in [0.1, 0.15) is 42.5 Å². The van der Waals surface area contributed by atoms with E-state index in [2.05, 4.69) is 20.8 Å². The van der Waals surface area contributed by atoms with Crippen LogP contribution in [0, 0.1) is 5.92 Å². The summed E-state index contributed by atoms with van der Waals surface area (Å²) in [6, 6.07) is 8.03. The largest absolute Gasteiger partial charge is 0.462 e. The molecule has 4 heteroatoms.